The van der Waals surface area contributed by atoms with Crippen molar-refractivity contribution in [1.29, 1.82) is 0 Å². The lowest BCUT2D eigenvalue weighted by Crippen LogP contribution is -2.34. The van der Waals surface area contributed by atoms with E-state index >= 15 is 0 Å². The minimum Gasteiger partial charge on any atom is -0.494 e. The molecule has 4 atom stereocenters. The van der Waals surface area contributed by atoms with E-state index in [-0.39, 0.29) is 23.2 Å². The molecule has 2 saturated carbocycles. The first-order chi connectivity index (χ1) is 20.4. The summed E-state index contributed by atoms with van der Waals surface area (Å²) in [5, 5.41) is 6.72. The van der Waals surface area contributed by atoms with Crippen LogP contribution in [-0.2, 0) is 4.74 Å². The van der Waals surface area contributed by atoms with Gasteiger partial charge in [0.25, 0.3) is 0 Å². The lowest BCUT2D eigenvalue weighted by Gasteiger charge is -2.41. The van der Waals surface area contributed by atoms with Crippen molar-refractivity contribution >= 4 is 27.1 Å². The van der Waals surface area contributed by atoms with Crippen molar-refractivity contribution in [2.45, 2.75) is 80.6 Å². The summed E-state index contributed by atoms with van der Waals surface area (Å²) in [6.07, 6.45) is 9.63. The summed E-state index contributed by atoms with van der Waals surface area (Å²) < 4.78 is 12.1. The van der Waals surface area contributed by atoms with E-state index in [0.29, 0.717) is 44.8 Å². The number of hydrogen-bond acceptors (Lipinski definition) is 6. The highest BCUT2D eigenvalue weighted by molar-refractivity contribution is 8.43. The zero-order chi connectivity index (χ0) is 29.3. The van der Waals surface area contributed by atoms with Crippen LogP contribution in [0.5, 0.6) is 5.75 Å². The molecule has 3 aliphatic carbocycles. The lowest BCUT2D eigenvalue weighted by molar-refractivity contribution is 0.0392. The van der Waals surface area contributed by atoms with Crippen LogP contribution in [0.1, 0.15) is 96.6 Å². The summed E-state index contributed by atoms with van der Waals surface area (Å²) >= 11 is 0. The highest BCUT2D eigenvalue weighted by Crippen LogP contribution is 2.59. The maximum absolute atomic E-state index is 14.2. The second kappa shape index (κ2) is 12.1. The van der Waals surface area contributed by atoms with E-state index in [1.54, 1.807) is 42.5 Å². The van der Waals surface area contributed by atoms with Gasteiger partial charge >= 0.3 is 5.30 Å². The van der Waals surface area contributed by atoms with Gasteiger partial charge in [0.2, 0.25) is 0 Å². The molecular formula is C35H39NO5S. The normalized spacial score (nSPS) is 23.5. The Balaban J connectivity index is 1.35. The van der Waals surface area contributed by atoms with Gasteiger partial charge in [0.1, 0.15) is 11.9 Å². The summed E-state index contributed by atoms with van der Waals surface area (Å²) in [6.45, 7) is 2.73. The number of carbonyl (C=O) groups excluding carboxylic acids is 3. The zero-order valence-corrected chi connectivity index (χ0v) is 25.0. The van der Waals surface area contributed by atoms with Gasteiger partial charge in [-0.15, -0.1) is 0 Å². The largest absolute Gasteiger partial charge is 0.494 e. The molecule has 7 heteroatoms. The number of ketones is 2. The Morgan fingerprint density at radius 1 is 0.810 bits per heavy atom. The molecular weight excluding hydrogens is 546 g/mol. The van der Waals surface area contributed by atoms with Crippen LogP contribution in [0.3, 0.4) is 0 Å². The Morgan fingerprint density at radius 2 is 1.45 bits per heavy atom. The first kappa shape index (κ1) is 28.7. The van der Waals surface area contributed by atoms with Gasteiger partial charge in [-0.2, -0.15) is 0 Å². The summed E-state index contributed by atoms with van der Waals surface area (Å²) in [6, 6.07) is 19.2. The van der Waals surface area contributed by atoms with Crippen molar-refractivity contribution in [2.24, 2.45) is 17.0 Å². The smallest absolute Gasteiger partial charge is 0.370 e. The fourth-order valence-corrected chi connectivity index (χ4v) is 8.94. The van der Waals surface area contributed by atoms with Crippen LogP contribution >= 0.6 is 10.2 Å². The molecule has 3 aromatic carbocycles. The van der Waals surface area contributed by atoms with E-state index in [2.05, 4.69) is 6.92 Å². The number of rotatable bonds is 7. The topological polar surface area (TPSA) is 95.7 Å². The molecule has 2 fully saturated rings. The van der Waals surface area contributed by atoms with Crippen LogP contribution in [0.15, 0.2) is 76.5 Å². The van der Waals surface area contributed by atoms with E-state index in [4.69, 9.17) is 14.6 Å². The van der Waals surface area contributed by atoms with Gasteiger partial charge in [0.15, 0.2) is 11.6 Å². The van der Waals surface area contributed by atoms with Crippen molar-refractivity contribution in [3.05, 3.63) is 89.0 Å². The number of benzene rings is 3. The second-order valence-electron chi connectivity index (χ2n) is 11.9. The van der Waals surface area contributed by atoms with Crippen molar-refractivity contribution in [3.8, 4) is 5.75 Å². The molecule has 0 aliphatic heterocycles. The summed E-state index contributed by atoms with van der Waals surface area (Å²) in [5.41, 5.74) is 1.36. The first-order valence-electron chi connectivity index (χ1n) is 15.3. The number of fused-ring (bicyclic) bond motifs is 3. The number of unbranched alkanes of at least 4 members (excludes halogenated alkanes) is 1. The fourth-order valence-electron chi connectivity index (χ4n) is 6.84. The molecule has 0 saturated heterocycles. The lowest BCUT2D eigenvalue weighted by atomic mass is 9.70. The number of ether oxygens (including phenoxy) is 2. The molecule has 0 bridgehead atoms. The number of carbonyl (C=O) groups is 3. The van der Waals surface area contributed by atoms with Crippen LogP contribution in [0.25, 0.3) is 0 Å². The van der Waals surface area contributed by atoms with Crippen LogP contribution in [0, 0.1) is 11.8 Å². The van der Waals surface area contributed by atoms with Crippen LogP contribution in [0.2, 0.25) is 0 Å². The van der Waals surface area contributed by atoms with Gasteiger partial charge in [0, 0.05) is 32.0 Å². The standard InChI is InChI=1S/C35H39NO5S/c1-2-3-20-40-25-14-16-27(17-15-25)42(36,35(39)41-26-13-12-23-8-4-5-9-24(23)21-26)28-18-19-31-32(22-28)34(38)30-11-7-6-10-29(30)33(31)37/h6-7,10-11,14-19,22-24,26H,2-5,8-9,12-13,20-21,36H2,1H3. The average molecular weight is 586 g/mol. The molecule has 4 unspecified atom stereocenters. The Bertz CT molecular complexity index is 1500. The van der Waals surface area contributed by atoms with Crippen LogP contribution in [-0.4, -0.2) is 29.6 Å². The minimum absolute atomic E-state index is 0.170. The molecule has 0 amide bonds. The molecule has 3 aliphatic rings. The monoisotopic (exact) mass is 585 g/mol. The van der Waals surface area contributed by atoms with Crippen molar-refractivity contribution in [3.63, 3.8) is 0 Å². The van der Waals surface area contributed by atoms with E-state index in [1.165, 1.54) is 25.7 Å². The summed E-state index contributed by atoms with van der Waals surface area (Å²) in [4.78, 5) is 42.1. The van der Waals surface area contributed by atoms with E-state index in [1.807, 2.05) is 24.3 Å². The Morgan fingerprint density at radius 3 is 2.17 bits per heavy atom. The maximum Gasteiger partial charge on any atom is 0.370 e. The summed E-state index contributed by atoms with van der Waals surface area (Å²) in [7, 11) is -2.88. The summed E-state index contributed by atoms with van der Waals surface area (Å²) in [5.74, 6) is 1.59. The van der Waals surface area contributed by atoms with Gasteiger partial charge < -0.3 is 9.47 Å². The molecule has 0 radical (unpaired) electrons. The fraction of sp³-hybridized carbons (Fsp3) is 0.400. The molecule has 3 aromatic rings. The maximum atomic E-state index is 14.2. The highest BCUT2D eigenvalue weighted by Gasteiger charge is 2.40. The molecule has 0 spiro atoms. The molecule has 6 rings (SSSR count). The van der Waals surface area contributed by atoms with Crippen LogP contribution < -0.4 is 9.88 Å². The van der Waals surface area contributed by atoms with Crippen molar-refractivity contribution < 1.29 is 23.9 Å². The third kappa shape index (κ3) is 5.29. The van der Waals surface area contributed by atoms with E-state index in [0.717, 1.165) is 38.0 Å². The molecule has 0 heterocycles. The molecule has 220 valence electrons. The minimum atomic E-state index is -2.88. The molecule has 42 heavy (non-hydrogen) atoms. The van der Waals surface area contributed by atoms with Crippen molar-refractivity contribution in [2.75, 3.05) is 6.61 Å². The molecule has 6 nitrogen and oxygen atoms in total. The third-order valence-corrected chi connectivity index (χ3v) is 11.9. The quantitative estimate of drug-likeness (QED) is 0.173. The second-order valence-corrected chi connectivity index (χ2v) is 14.4. The number of hydrogen-bond donors (Lipinski definition) is 1. The van der Waals surface area contributed by atoms with E-state index < -0.39 is 15.5 Å². The van der Waals surface area contributed by atoms with Crippen LogP contribution in [0.4, 0.5) is 4.79 Å². The molecule has 0 aromatic heterocycles. The predicted octanol–water partition coefficient (Wildman–Crippen LogP) is 8.23. The number of nitrogens with two attached hydrogens (primary N) is 1. The Labute approximate surface area is 249 Å². The van der Waals surface area contributed by atoms with Gasteiger partial charge in [0.05, 0.1) is 6.61 Å². The molecule has 2 N–H and O–H groups in total. The first-order valence-corrected chi connectivity index (χ1v) is 17.0. The van der Waals surface area contributed by atoms with Gasteiger partial charge in [-0.25, -0.2) is 4.79 Å². The third-order valence-electron chi connectivity index (χ3n) is 9.25. The zero-order valence-electron chi connectivity index (χ0n) is 24.2. The highest BCUT2D eigenvalue weighted by atomic mass is 32.3. The Hall–Kier alpha value is -3.42. The SMILES string of the molecule is CCCCOc1ccc(S(N)(C(=O)OC2CCC3CCCCC3C2)c2ccc3c(c2)C(=O)c2ccccc2C3=O)cc1. The van der Waals surface area contributed by atoms with Crippen molar-refractivity contribution in [1.82, 2.24) is 0 Å². The predicted molar refractivity (Wildman–Crippen MR) is 164 cm³/mol. The van der Waals surface area contributed by atoms with Gasteiger partial charge in [-0.1, -0.05) is 63.3 Å². The van der Waals surface area contributed by atoms with Gasteiger partial charge in [-0.05, 0) is 90.2 Å². The Kier molecular flexibility index (Phi) is 8.24. The average Bonchev–Trinajstić information content (AvgIpc) is 3.03. The van der Waals surface area contributed by atoms with E-state index in [9.17, 15) is 14.4 Å². The van der Waals surface area contributed by atoms with Gasteiger partial charge in [-0.3, -0.25) is 14.7 Å².